The standard InChI is InChI=1S/C13H11F2NO2/c1-8(2)18-13(17)10(7-16)6-9-4-3-5-11(14)12(9)15/h3-6,8H,1-2H3/b10-6-. The number of carbonyl (C=O) groups is 1. The maximum absolute atomic E-state index is 13.3. The smallest absolute Gasteiger partial charge is 0.349 e. The molecule has 1 aromatic carbocycles. The van der Waals surface area contributed by atoms with Crippen molar-refractivity contribution in [3.63, 3.8) is 0 Å². The second-order valence-corrected chi connectivity index (χ2v) is 3.77. The van der Waals surface area contributed by atoms with Crippen molar-refractivity contribution in [1.29, 1.82) is 5.26 Å². The second-order valence-electron chi connectivity index (χ2n) is 3.77. The van der Waals surface area contributed by atoms with Crippen LogP contribution in [0.5, 0.6) is 0 Å². The SMILES string of the molecule is CC(C)OC(=O)/C(C#N)=C\c1cccc(F)c1F. The molecule has 5 heteroatoms. The van der Waals surface area contributed by atoms with Gasteiger partial charge < -0.3 is 4.74 Å². The van der Waals surface area contributed by atoms with E-state index in [0.29, 0.717) is 0 Å². The largest absolute Gasteiger partial charge is 0.459 e. The molecule has 0 N–H and O–H groups in total. The van der Waals surface area contributed by atoms with Crippen LogP contribution in [-0.2, 0) is 9.53 Å². The number of hydrogen-bond donors (Lipinski definition) is 0. The summed E-state index contributed by atoms with van der Waals surface area (Å²) >= 11 is 0. The number of esters is 1. The van der Waals surface area contributed by atoms with Crippen LogP contribution in [0.2, 0.25) is 0 Å². The predicted molar refractivity (Wildman–Crippen MR) is 61.2 cm³/mol. The molecule has 94 valence electrons. The molecule has 0 saturated carbocycles. The fourth-order valence-electron chi connectivity index (χ4n) is 1.20. The summed E-state index contributed by atoms with van der Waals surface area (Å²) < 4.78 is 31.1. The summed E-state index contributed by atoms with van der Waals surface area (Å²) in [4.78, 5) is 11.5. The van der Waals surface area contributed by atoms with Gasteiger partial charge in [-0.3, -0.25) is 0 Å². The van der Waals surface area contributed by atoms with Gasteiger partial charge >= 0.3 is 5.97 Å². The number of hydrogen-bond acceptors (Lipinski definition) is 3. The summed E-state index contributed by atoms with van der Waals surface area (Å²) in [5, 5.41) is 8.80. The van der Waals surface area contributed by atoms with Gasteiger partial charge in [0.05, 0.1) is 6.10 Å². The van der Waals surface area contributed by atoms with Crippen LogP contribution in [0.1, 0.15) is 19.4 Å². The van der Waals surface area contributed by atoms with Crippen LogP contribution in [0, 0.1) is 23.0 Å². The highest BCUT2D eigenvalue weighted by Gasteiger charge is 2.14. The first-order valence-electron chi connectivity index (χ1n) is 5.22. The lowest BCUT2D eigenvalue weighted by Gasteiger charge is -2.06. The van der Waals surface area contributed by atoms with Crippen LogP contribution in [-0.4, -0.2) is 12.1 Å². The van der Waals surface area contributed by atoms with Crippen LogP contribution in [0.15, 0.2) is 23.8 Å². The Bertz CT molecular complexity index is 530. The van der Waals surface area contributed by atoms with Gasteiger partial charge in [0.15, 0.2) is 11.6 Å². The van der Waals surface area contributed by atoms with Gasteiger partial charge in [-0.25, -0.2) is 13.6 Å². The van der Waals surface area contributed by atoms with Gasteiger partial charge in [-0.2, -0.15) is 5.26 Å². The molecule has 0 heterocycles. The van der Waals surface area contributed by atoms with Gasteiger partial charge in [-0.15, -0.1) is 0 Å². The van der Waals surface area contributed by atoms with Crippen molar-refractivity contribution in [2.24, 2.45) is 0 Å². The van der Waals surface area contributed by atoms with Crippen LogP contribution >= 0.6 is 0 Å². The Balaban J connectivity index is 3.09. The summed E-state index contributed by atoms with van der Waals surface area (Å²) in [7, 11) is 0. The zero-order valence-corrected chi connectivity index (χ0v) is 9.91. The lowest BCUT2D eigenvalue weighted by molar-refractivity contribution is -0.142. The van der Waals surface area contributed by atoms with E-state index in [-0.39, 0.29) is 11.1 Å². The molecular formula is C13H11F2NO2. The number of ether oxygens (including phenoxy) is 1. The van der Waals surface area contributed by atoms with Crippen molar-refractivity contribution in [2.45, 2.75) is 20.0 Å². The molecule has 0 fully saturated rings. The summed E-state index contributed by atoms with van der Waals surface area (Å²) in [6.45, 7) is 3.24. The molecule has 1 aromatic rings. The van der Waals surface area contributed by atoms with Gasteiger partial charge in [0.2, 0.25) is 0 Å². The Morgan fingerprint density at radius 2 is 2.11 bits per heavy atom. The molecule has 18 heavy (non-hydrogen) atoms. The molecule has 0 radical (unpaired) electrons. The Kier molecular flexibility index (Phi) is 4.55. The lowest BCUT2D eigenvalue weighted by atomic mass is 10.1. The summed E-state index contributed by atoms with van der Waals surface area (Å²) in [6.07, 6.45) is 0.565. The lowest BCUT2D eigenvalue weighted by Crippen LogP contribution is -2.12. The van der Waals surface area contributed by atoms with Crippen molar-refractivity contribution in [3.05, 3.63) is 41.0 Å². The number of halogens is 2. The zero-order chi connectivity index (χ0) is 13.7. The van der Waals surface area contributed by atoms with Crippen molar-refractivity contribution in [3.8, 4) is 6.07 Å². The van der Waals surface area contributed by atoms with Crippen molar-refractivity contribution in [2.75, 3.05) is 0 Å². The van der Waals surface area contributed by atoms with Crippen molar-refractivity contribution < 1.29 is 18.3 Å². The molecule has 0 aliphatic rings. The van der Waals surface area contributed by atoms with E-state index in [4.69, 9.17) is 10.00 Å². The fraction of sp³-hybridized carbons (Fsp3) is 0.231. The van der Waals surface area contributed by atoms with Crippen LogP contribution in [0.3, 0.4) is 0 Å². The van der Waals surface area contributed by atoms with Gasteiger partial charge in [0, 0.05) is 5.56 Å². The summed E-state index contributed by atoms with van der Waals surface area (Å²) in [5.74, 6) is -3.02. The maximum atomic E-state index is 13.3. The van der Waals surface area contributed by atoms with E-state index in [2.05, 4.69) is 0 Å². The van der Waals surface area contributed by atoms with E-state index in [9.17, 15) is 13.6 Å². The summed E-state index contributed by atoms with van der Waals surface area (Å²) in [6, 6.07) is 5.10. The summed E-state index contributed by atoms with van der Waals surface area (Å²) in [5.41, 5.74) is -0.555. The normalized spacial score (nSPS) is 11.2. The Hall–Kier alpha value is -2.22. The molecule has 0 spiro atoms. The topological polar surface area (TPSA) is 50.1 Å². The van der Waals surface area contributed by atoms with Gasteiger partial charge in [0.1, 0.15) is 11.6 Å². The third-order valence-corrected chi connectivity index (χ3v) is 1.96. The minimum Gasteiger partial charge on any atom is -0.459 e. The molecule has 0 aliphatic heterocycles. The quantitative estimate of drug-likeness (QED) is 0.471. The number of nitrogens with zero attached hydrogens (tertiary/aromatic N) is 1. The molecular weight excluding hydrogens is 240 g/mol. The number of nitriles is 1. The van der Waals surface area contributed by atoms with E-state index in [1.165, 1.54) is 12.1 Å². The van der Waals surface area contributed by atoms with Crippen LogP contribution < -0.4 is 0 Å². The first-order valence-corrected chi connectivity index (χ1v) is 5.22. The van der Waals surface area contributed by atoms with E-state index in [1.54, 1.807) is 19.9 Å². The van der Waals surface area contributed by atoms with Crippen molar-refractivity contribution >= 4 is 12.0 Å². The molecule has 0 aliphatic carbocycles. The van der Waals surface area contributed by atoms with E-state index < -0.39 is 23.7 Å². The maximum Gasteiger partial charge on any atom is 0.349 e. The Morgan fingerprint density at radius 1 is 1.44 bits per heavy atom. The molecule has 0 atom stereocenters. The molecule has 0 amide bonds. The Morgan fingerprint density at radius 3 is 2.67 bits per heavy atom. The molecule has 1 rings (SSSR count). The highest BCUT2D eigenvalue weighted by molar-refractivity contribution is 5.97. The van der Waals surface area contributed by atoms with Gasteiger partial charge in [-0.1, -0.05) is 12.1 Å². The first kappa shape index (κ1) is 13.8. The average molecular weight is 251 g/mol. The highest BCUT2D eigenvalue weighted by Crippen LogP contribution is 2.15. The molecule has 0 aromatic heterocycles. The minimum atomic E-state index is -1.11. The van der Waals surface area contributed by atoms with Gasteiger partial charge in [0.25, 0.3) is 0 Å². The molecule has 0 bridgehead atoms. The van der Waals surface area contributed by atoms with E-state index in [0.717, 1.165) is 12.1 Å². The number of rotatable bonds is 3. The second kappa shape index (κ2) is 5.92. The zero-order valence-electron chi connectivity index (χ0n) is 9.91. The first-order chi connectivity index (χ1) is 8.45. The molecule has 0 saturated heterocycles. The highest BCUT2D eigenvalue weighted by atomic mass is 19.2. The molecule has 0 unspecified atom stereocenters. The van der Waals surface area contributed by atoms with Crippen LogP contribution in [0.25, 0.3) is 6.08 Å². The predicted octanol–water partition coefficient (Wildman–Crippen LogP) is 2.82. The average Bonchev–Trinajstić information content (AvgIpc) is 2.30. The van der Waals surface area contributed by atoms with Crippen molar-refractivity contribution in [1.82, 2.24) is 0 Å². The Labute approximate surface area is 103 Å². The molecule has 3 nitrogen and oxygen atoms in total. The van der Waals surface area contributed by atoms with Crippen LogP contribution in [0.4, 0.5) is 8.78 Å². The fourth-order valence-corrected chi connectivity index (χ4v) is 1.20. The minimum absolute atomic E-state index is 0.174. The monoisotopic (exact) mass is 251 g/mol. The van der Waals surface area contributed by atoms with E-state index in [1.807, 2.05) is 0 Å². The van der Waals surface area contributed by atoms with E-state index >= 15 is 0 Å². The number of benzene rings is 1. The third kappa shape index (κ3) is 3.39. The van der Waals surface area contributed by atoms with Gasteiger partial charge in [-0.05, 0) is 26.0 Å². The third-order valence-electron chi connectivity index (χ3n) is 1.96. The number of carbonyl (C=O) groups excluding carboxylic acids is 1.